The second-order valence-corrected chi connectivity index (χ2v) is 9.27. The van der Waals surface area contributed by atoms with Crippen molar-refractivity contribution in [1.82, 2.24) is 9.80 Å². The lowest BCUT2D eigenvalue weighted by Crippen LogP contribution is -2.43. The van der Waals surface area contributed by atoms with Crippen LogP contribution in [0.3, 0.4) is 0 Å². The molecule has 2 amide bonds. The van der Waals surface area contributed by atoms with E-state index in [2.05, 4.69) is 10.2 Å². The van der Waals surface area contributed by atoms with Crippen LogP contribution in [-0.4, -0.2) is 66.9 Å². The number of rotatable bonds is 7. The Hall–Kier alpha value is -1.93. The van der Waals surface area contributed by atoms with Gasteiger partial charge in [-0.25, -0.2) is 4.79 Å². The lowest BCUT2D eigenvalue weighted by molar-refractivity contribution is -0.136. The van der Waals surface area contributed by atoms with Crippen LogP contribution in [-0.2, 0) is 20.7 Å². The van der Waals surface area contributed by atoms with E-state index < -0.39 is 0 Å². The number of carbonyl (C=O) groups is 3. The zero-order valence-electron chi connectivity index (χ0n) is 18.3. The maximum Gasteiger partial charge on any atom is 0.341 e. The molecule has 0 bridgehead atoms. The Bertz CT molecular complexity index is 778. The molecule has 166 valence electrons. The van der Waals surface area contributed by atoms with Crippen molar-refractivity contribution in [3.63, 3.8) is 0 Å². The van der Waals surface area contributed by atoms with Gasteiger partial charge in [0, 0.05) is 23.9 Å². The van der Waals surface area contributed by atoms with Gasteiger partial charge < -0.3 is 15.0 Å². The number of ether oxygens (including phenoxy) is 1. The SMILES string of the molecule is CCOC(=O)c1c(NC(=O)CN2CCC(C(=O)N3CCCC3)CC2)sc(C)c1CC. The first-order valence-corrected chi connectivity index (χ1v) is 11.9. The van der Waals surface area contributed by atoms with E-state index in [0.717, 1.165) is 62.3 Å². The van der Waals surface area contributed by atoms with E-state index in [1.165, 1.54) is 11.3 Å². The summed E-state index contributed by atoms with van der Waals surface area (Å²) in [7, 11) is 0. The lowest BCUT2D eigenvalue weighted by Gasteiger charge is -2.32. The summed E-state index contributed by atoms with van der Waals surface area (Å²) in [6.45, 7) is 9.58. The molecule has 3 rings (SSSR count). The molecule has 0 saturated carbocycles. The number of nitrogens with zero attached hydrogens (tertiary/aromatic N) is 2. The maximum atomic E-state index is 12.7. The van der Waals surface area contributed by atoms with Crippen LogP contribution in [0.2, 0.25) is 0 Å². The molecule has 30 heavy (non-hydrogen) atoms. The van der Waals surface area contributed by atoms with E-state index in [9.17, 15) is 14.4 Å². The van der Waals surface area contributed by atoms with Crippen molar-refractivity contribution >= 4 is 34.1 Å². The summed E-state index contributed by atoms with van der Waals surface area (Å²) < 4.78 is 5.20. The monoisotopic (exact) mass is 435 g/mol. The molecule has 0 aromatic carbocycles. The molecule has 0 radical (unpaired) electrons. The third-order valence-electron chi connectivity index (χ3n) is 6.02. The highest BCUT2D eigenvalue weighted by molar-refractivity contribution is 7.16. The van der Waals surface area contributed by atoms with Gasteiger partial charge in [-0.05, 0) is 64.6 Å². The van der Waals surface area contributed by atoms with Crippen molar-refractivity contribution in [2.45, 2.75) is 52.9 Å². The van der Waals surface area contributed by atoms with Crippen LogP contribution in [0.1, 0.15) is 60.3 Å². The number of anilines is 1. The Morgan fingerprint density at radius 1 is 1.10 bits per heavy atom. The topological polar surface area (TPSA) is 79.0 Å². The molecule has 0 aliphatic carbocycles. The molecule has 1 N–H and O–H groups in total. The van der Waals surface area contributed by atoms with Crippen LogP contribution in [0.25, 0.3) is 0 Å². The van der Waals surface area contributed by atoms with Crippen molar-refractivity contribution in [2.24, 2.45) is 5.92 Å². The van der Waals surface area contributed by atoms with Gasteiger partial charge in [0.15, 0.2) is 0 Å². The second kappa shape index (κ2) is 10.4. The fourth-order valence-corrected chi connectivity index (χ4v) is 5.56. The minimum atomic E-state index is -0.379. The van der Waals surface area contributed by atoms with E-state index in [-0.39, 0.29) is 30.2 Å². The van der Waals surface area contributed by atoms with Crippen LogP contribution < -0.4 is 5.32 Å². The molecule has 2 saturated heterocycles. The normalized spacial score (nSPS) is 17.9. The van der Waals surface area contributed by atoms with E-state index in [0.29, 0.717) is 23.6 Å². The minimum absolute atomic E-state index is 0.0879. The zero-order chi connectivity index (χ0) is 21.7. The summed E-state index contributed by atoms with van der Waals surface area (Å²) in [5.74, 6) is -0.134. The Morgan fingerprint density at radius 3 is 2.37 bits per heavy atom. The Balaban J connectivity index is 1.55. The number of amides is 2. The number of carbonyl (C=O) groups excluding carboxylic acids is 3. The minimum Gasteiger partial charge on any atom is -0.462 e. The summed E-state index contributed by atoms with van der Waals surface area (Å²) >= 11 is 1.43. The van der Waals surface area contributed by atoms with Crippen LogP contribution >= 0.6 is 11.3 Å². The van der Waals surface area contributed by atoms with Crippen LogP contribution in [0.4, 0.5) is 5.00 Å². The Kier molecular flexibility index (Phi) is 7.88. The fourth-order valence-electron chi connectivity index (χ4n) is 4.41. The largest absolute Gasteiger partial charge is 0.462 e. The van der Waals surface area contributed by atoms with Gasteiger partial charge in [0.05, 0.1) is 18.7 Å². The van der Waals surface area contributed by atoms with Gasteiger partial charge in [0.1, 0.15) is 5.00 Å². The number of likely N-dealkylation sites (tertiary alicyclic amines) is 2. The molecule has 2 aliphatic rings. The van der Waals surface area contributed by atoms with E-state index in [1.807, 2.05) is 18.7 Å². The number of esters is 1. The highest BCUT2D eigenvalue weighted by Crippen LogP contribution is 2.34. The first kappa shape index (κ1) is 22.7. The highest BCUT2D eigenvalue weighted by Gasteiger charge is 2.30. The summed E-state index contributed by atoms with van der Waals surface area (Å²) in [5.41, 5.74) is 1.43. The van der Waals surface area contributed by atoms with Gasteiger partial charge in [0.2, 0.25) is 11.8 Å². The number of hydrogen-bond donors (Lipinski definition) is 1. The molecule has 2 aliphatic heterocycles. The molecule has 3 heterocycles. The molecule has 1 aromatic heterocycles. The van der Waals surface area contributed by atoms with E-state index in [1.54, 1.807) is 6.92 Å². The molecule has 7 nitrogen and oxygen atoms in total. The van der Waals surface area contributed by atoms with Crippen molar-refractivity contribution in [2.75, 3.05) is 44.6 Å². The highest BCUT2D eigenvalue weighted by atomic mass is 32.1. The predicted octanol–water partition coefficient (Wildman–Crippen LogP) is 3.07. The molecular formula is C22H33N3O4S. The van der Waals surface area contributed by atoms with Gasteiger partial charge in [-0.3, -0.25) is 14.5 Å². The van der Waals surface area contributed by atoms with Crippen molar-refractivity contribution in [3.05, 3.63) is 16.0 Å². The first-order valence-electron chi connectivity index (χ1n) is 11.0. The van der Waals surface area contributed by atoms with Crippen LogP contribution in [0.5, 0.6) is 0 Å². The van der Waals surface area contributed by atoms with E-state index >= 15 is 0 Å². The Labute approximate surface area is 182 Å². The second-order valence-electron chi connectivity index (χ2n) is 8.05. The molecule has 0 spiro atoms. The van der Waals surface area contributed by atoms with Crippen molar-refractivity contribution < 1.29 is 19.1 Å². The fraction of sp³-hybridized carbons (Fsp3) is 0.682. The number of aryl methyl sites for hydroxylation is 1. The Morgan fingerprint density at radius 2 is 1.77 bits per heavy atom. The first-order chi connectivity index (χ1) is 14.4. The molecule has 1 aromatic rings. The molecule has 8 heteroatoms. The average molecular weight is 436 g/mol. The van der Waals surface area contributed by atoms with E-state index in [4.69, 9.17) is 4.74 Å². The molecule has 0 unspecified atom stereocenters. The van der Waals surface area contributed by atoms with Crippen molar-refractivity contribution in [1.29, 1.82) is 0 Å². The van der Waals surface area contributed by atoms with Gasteiger partial charge in [-0.1, -0.05) is 6.92 Å². The number of piperidine rings is 1. The molecule has 0 atom stereocenters. The third-order valence-corrected chi connectivity index (χ3v) is 7.08. The quantitative estimate of drug-likeness (QED) is 0.666. The number of thiophene rings is 1. The standard InChI is InChI=1S/C22H33N3O4S/c1-4-17-15(3)30-20(19(17)22(28)29-5-2)23-18(26)14-24-12-8-16(9-13-24)21(27)25-10-6-7-11-25/h16H,4-14H2,1-3H3,(H,23,26). The van der Waals surface area contributed by atoms with Gasteiger partial charge in [-0.2, -0.15) is 0 Å². The van der Waals surface area contributed by atoms with Crippen LogP contribution in [0, 0.1) is 12.8 Å². The third kappa shape index (κ3) is 5.21. The van der Waals surface area contributed by atoms with Crippen molar-refractivity contribution in [3.8, 4) is 0 Å². The predicted molar refractivity (Wildman–Crippen MR) is 118 cm³/mol. The number of nitrogens with one attached hydrogen (secondary N) is 1. The zero-order valence-corrected chi connectivity index (χ0v) is 19.1. The molecule has 2 fully saturated rings. The van der Waals surface area contributed by atoms with Gasteiger partial charge in [-0.15, -0.1) is 11.3 Å². The summed E-state index contributed by atoms with van der Waals surface area (Å²) in [6.07, 6.45) is 4.54. The summed E-state index contributed by atoms with van der Waals surface area (Å²) in [4.78, 5) is 42.8. The smallest absolute Gasteiger partial charge is 0.341 e. The molecular weight excluding hydrogens is 402 g/mol. The number of hydrogen-bond acceptors (Lipinski definition) is 6. The summed E-state index contributed by atoms with van der Waals surface area (Å²) in [6, 6.07) is 0. The van der Waals surface area contributed by atoms with Crippen LogP contribution in [0.15, 0.2) is 0 Å². The van der Waals surface area contributed by atoms with Gasteiger partial charge >= 0.3 is 5.97 Å². The van der Waals surface area contributed by atoms with Gasteiger partial charge in [0.25, 0.3) is 0 Å². The average Bonchev–Trinajstić information content (AvgIpc) is 3.36. The summed E-state index contributed by atoms with van der Waals surface area (Å²) in [5, 5.41) is 3.51. The lowest BCUT2D eigenvalue weighted by atomic mass is 9.95. The maximum absolute atomic E-state index is 12.7.